The molecular weight excluding hydrogens is 512 g/mol. The molecule has 3 aliphatic heterocycles. The molecule has 0 aromatic heterocycles. The molecule has 3 aliphatic rings. The molecule has 2 bridgehead atoms. The second-order valence-electron chi connectivity index (χ2n) is 11.0. The number of hydrogen-bond donors (Lipinski definition) is 1. The normalized spacial score (nSPS) is 28.1. The Kier molecular flexibility index (Phi) is 9.36. The van der Waals surface area contributed by atoms with Gasteiger partial charge in [-0.25, -0.2) is 0 Å². The first-order chi connectivity index (χ1) is 19.3. The van der Waals surface area contributed by atoms with Crippen molar-refractivity contribution < 1.29 is 33.7 Å². The number of esters is 1. The van der Waals surface area contributed by atoms with Gasteiger partial charge in [-0.15, -0.1) is 13.2 Å². The second kappa shape index (κ2) is 12.6. The third-order valence-electron chi connectivity index (χ3n) is 8.85. The monoisotopic (exact) mass is 554 g/mol. The Morgan fingerprint density at radius 1 is 1.27 bits per heavy atom. The van der Waals surface area contributed by atoms with Gasteiger partial charge in [0.05, 0.1) is 44.3 Å². The predicted octanol–water partition coefficient (Wildman–Crippen LogP) is 3.51. The van der Waals surface area contributed by atoms with Crippen LogP contribution in [0.3, 0.4) is 0 Å². The fourth-order valence-electron chi connectivity index (χ4n) is 6.67. The van der Waals surface area contributed by atoms with Gasteiger partial charge in [0.15, 0.2) is 0 Å². The number of ether oxygens (including phenoxy) is 3. The Hall–Kier alpha value is -3.17. The summed E-state index contributed by atoms with van der Waals surface area (Å²) in [6.07, 6.45) is 5.96. The molecule has 3 saturated heterocycles. The maximum Gasteiger partial charge on any atom is 0.312 e. The lowest BCUT2D eigenvalue weighted by atomic mass is 9.70. The van der Waals surface area contributed by atoms with Crippen LogP contribution >= 0.6 is 0 Å². The van der Waals surface area contributed by atoms with E-state index in [9.17, 15) is 19.5 Å². The maximum absolute atomic E-state index is 14.6. The number of carbonyl (C=O) groups is 3. The summed E-state index contributed by atoms with van der Waals surface area (Å²) in [5.41, 5.74) is -0.566. The van der Waals surface area contributed by atoms with Gasteiger partial charge in [-0.1, -0.05) is 32.4 Å². The first-order valence-electron chi connectivity index (χ1n) is 14.2. The van der Waals surface area contributed by atoms with Crippen molar-refractivity contribution in [1.29, 1.82) is 0 Å². The van der Waals surface area contributed by atoms with Crippen LogP contribution in [0.2, 0.25) is 0 Å². The van der Waals surface area contributed by atoms with Gasteiger partial charge in [-0.05, 0) is 55.9 Å². The van der Waals surface area contributed by atoms with Gasteiger partial charge in [-0.2, -0.15) is 0 Å². The van der Waals surface area contributed by atoms with Gasteiger partial charge in [-0.3, -0.25) is 14.4 Å². The Morgan fingerprint density at radius 2 is 2.00 bits per heavy atom. The second-order valence-corrected chi connectivity index (χ2v) is 11.0. The van der Waals surface area contributed by atoms with E-state index in [-0.39, 0.29) is 37.5 Å². The summed E-state index contributed by atoms with van der Waals surface area (Å²) in [6.45, 7) is 11.6. The van der Waals surface area contributed by atoms with Gasteiger partial charge in [0.25, 0.3) is 5.91 Å². The smallest absolute Gasteiger partial charge is 0.312 e. The van der Waals surface area contributed by atoms with Crippen molar-refractivity contribution in [2.24, 2.45) is 17.8 Å². The summed E-state index contributed by atoms with van der Waals surface area (Å²) in [4.78, 5) is 45.3. The zero-order valence-corrected chi connectivity index (χ0v) is 23.8. The molecule has 9 nitrogen and oxygen atoms in total. The van der Waals surface area contributed by atoms with Crippen molar-refractivity contribution in [3.8, 4) is 5.75 Å². The number of hydrogen-bond acceptors (Lipinski definition) is 7. The van der Waals surface area contributed by atoms with Crippen molar-refractivity contribution in [3.05, 3.63) is 49.6 Å². The SMILES string of the molecule is C=CCCCOC(=O)[C@@H]1[C@@H]2CCC3(O2)C(C(=O)N(CC=C)c2ccc(OC)cc2)N([C@@H](CO)[C@@H](C)CC)C(=O)[C@H]13. The number of anilines is 1. The van der Waals surface area contributed by atoms with Gasteiger partial charge in [0.1, 0.15) is 17.4 Å². The van der Waals surface area contributed by atoms with E-state index in [1.54, 1.807) is 48.4 Å². The lowest BCUT2D eigenvalue weighted by Gasteiger charge is -2.40. The summed E-state index contributed by atoms with van der Waals surface area (Å²) >= 11 is 0. The molecule has 9 heteroatoms. The zero-order valence-electron chi connectivity index (χ0n) is 23.8. The number of aliphatic hydroxyl groups excluding tert-OH is 1. The number of benzene rings is 1. The number of likely N-dealkylation sites (tertiary alicyclic amines) is 1. The number of amides is 2. The third kappa shape index (κ3) is 5.05. The van der Waals surface area contributed by atoms with E-state index in [0.29, 0.717) is 43.5 Å². The van der Waals surface area contributed by atoms with Crippen LogP contribution < -0.4 is 9.64 Å². The van der Waals surface area contributed by atoms with E-state index in [4.69, 9.17) is 14.2 Å². The molecule has 0 saturated carbocycles. The van der Waals surface area contributed by atoms with Crippen molar-refractivity contribution in [3.63, 3.8) is 0 Å². The summed E-state index contributed by atoms with van der Waals surface area (Å²) in [5.74, 6) is -2.22. The standard InChI is InChI=1S/C31H42N2O7/c1-6-9-10-18-39-30(37)25-24-15-16-31(40-24)26(25)28(35)33(23(19-34)20(4)8-3)27(31)29(36)32(17-7-2)21-11-13-22(38-5)14-12-21/h6-7,11-14,20,23-27,34H,1-2,8-10,15-19H2,3-5H3/t20-,23-,24-,25+,26-,27?,31?/m0/s1. The van der Waals surface area contributed by atoms with Crippen LogP contribution in [0.1, 0.15) is 46.0 Å². The van der Waals surface area contributed by atoms with E-state index in [1.165, 1.54) is 4.90 Å². The molecule has 1 spiro atoms. The van der Waals surface area contributed by atoms with Crippen LogP contribution in [0.5, 0.6) is 5.75 Å². The van der Waals surface area contributed by atoms with Crippen LogP contribution in [-0.4, -0.2) is 78.4 Å². The predicted molar refractivity (Wildman–Crippen MR) is 151 cm³/mol. The van der Waals surface area contributed by atoms with Crippen molar-refractivity contribution in [2.75, 3.05) is 31.8 Å². The molecule has 3 fully saturated rings. The largest absolute Gasteiger partial charge is 0.497 e. The molecule has 218 valence electrons. The Morgan fingerprint density at radius 3 is 2.60 bits per heavy atom. The highest BCUT2D eigenvalue weighted by molar-refractivity contribution is 6.04. The van der Waals surface area contributed by atoms with Crippen LogP contribution in [0, 0.1) is 17.8 Å². The minimum Gasteiger partial charge on any atom is -0.497 e. The minimum absolute atomic E-state index is 0.0881. The highest BCUT2D eigenvalue weighted by Gasteiger charge is 2.75. The number of nitrogens with zero attached hydrogens (tertiary/aromatic N) is 2. The molecule has 1 aromatic rings. The number of aliphatic hydroxyl groups is 1. The quantitative estimate of drug-likeness (QED) is 0.213. The molecule has 0 radical (unpaired) electrons. The number of carbonyl (C=O) groups excluding carboxylic acids is 3. The molecule has 40 heavy (non-hydrogen) atoms. The topological polar surface area (TPSA) is 106 Å². The highest BCUT2D eigenvalue weighted by Crippen LogP contribution is 2.59. The summed E-state index contributed by atoms with van der Waals surface area (Å²) in [7, 11) is 1.57. The summed E-state index contributed by atoms with van der Waals surface area (Å²) in [6, 6.07) is 5.48. The number of methoxy groups -OCH3 is 1. The molecule has 2 unspecified atom stereocenters. The highest BCUT2D eigenvalue weighted by atomic mass is 16.6. The molecule has 7 atom stereocenters. The molecule has 4 rings (SSSR count). The first-order valence-corrected chi connectivity index (χ1v) is 14.2. The summed E-state index contributed by atoms with van der Waals surface area (Å²) in [5, 5.41) is 10.5. The minimum atomic E-state index is -1.18. The summed E-state index contributed by atoms with van der Waals surface area (Å²) < 4.78 is 17.4. The van der Waals surface area contributed by atoms with Gasteiger partial charge < -0.3 is 29.1 Å². The number of fused-ring (bicyclic) bond motifs is 1. The van der Waals surface area contributed by atoms with Gasteiger partial charge in [0.2, 0.25) is 5.91 Å². The van der Waals surface area contributed by atoms with Crippen molar-refractivity contribution >= 4 is 23.5 Å². The van der Waals surface area contributed by atoms with Crippen LogP contribution in [0.25, 0.3) is 0 Å². The fraction of sp³-hybridized carbons (Fsp3) is 0.581. The van der Waals surface area contributed by atoms with E-state index >= 15 is 0 Å². The Labute approximate surface area is 236 Å². The average molecular weight is 555 g/mol. The van der Waals surface area contributed by atoms with Crippen LogP contribution in [-0.2, 0) is 23.9 Å². The van der Waals surface area contributed by atoms with Crippen LogP contribution in [0.4, 0.5) is 5.69 Å². The molecular formula is C31H42N2O7. The van der Waals surface area contributed by atoms with E-state index in [2.05, 4.69) is 13.2 Å². The fourth-order valence-corrected chi connectivity index (χ4v) is 6.67. The average Bonchev–Trinajstić information content (AvgIpc) is 3.61. The number of rotatable bonds is 14. The Balaban J connectivity index is 1.76. The van der Waals surface area contributed by atoms with E-state index in [1.807, 2.05) is 13.8 Å². The van der Waals surface area contributed by atoms with E-state index in [0.717, 1.165) is 0 Å². The molecule has 2 amide bonds. The zero-order chi connectivity index (χ0) is 29.0. The number of unbranched alkanes of at least 4 members (excludes halogenated alkanes) is 1. The first kappa shape index (κ1) is 29.8. The van der Waals surface area contributed by atoms with Gasteiger partial charge in [0, 0.05) is 12.2 Å². The van der Waals surface area contributed by atoms with Crippen LogP contribution in [0.15, 0.2) is 49.6 Å². The molecule has 1 aromatic carbocycles. The van der Waals surface area contributed by atoms with Crippen molar-refractivity contribution in [2.45, 2.75) is 69.7 Å². The lowest BCUT2D eigenvalue weighted by molar-refractivity contribution is -0.156. The Bertz CT molecular complexity index is 1110. The maximum atomic E-state index is 14.6. The molecule has 0 aliphatic carbocycles. The molecule has 1 N–H and O–H groups in total. The third-order valence-corrected chi connectivity index (χ3v) is 8.85. The molecule has 3 heterocycles. The van der Waals surface area contributed by atoms with Gasteiger partial charge >= 0.3 is 5.97 Å². The lowest BCUT2D eigenvalue weighted by Crippen LogP contribution is -2.60. The van der Waals surface area contributed by atoms with Crippen molar-refractivity contribution in [1.82, 2.24) is 4.90 Å². The van der Waals surface area contributed by atoms with E-state index < -0.39 is 41.6 Å². The number of allylic oxidation sites excluding steroid dienone is 1.